The molecule has 0 saturated heterocycles. The summed E-state index contributed by atoms with van der Waals surface area (Å²) in [6.07, 6.45) is 8.28. The lowest BCUT2D eigenvalue weighted by Crippen LogP contribution is -2.28. The van der Waals surface area contributed by atoms with Gasteiger partial charge in [-0.25, -0.2) is 0 Å². The van der Waals surface area contributed by atoms with Gasteiger partial charge in [-0.15, -0.1) is 11.8 Å². The summed E-state index contributed by atoms with van der Waals surface area (Å²) in [6, 6.07) is 0. The summed E-state index contributed by atoms with van der Waals surface area (Å²) in [5, 5.41) is 0. The van der Waals surface area contributed by atoms with Crippen molar-refractivity contribution in [2.24, 2.45) is 0 Å². The summed E-state index contributed by atoms with van der Waals surface area (Å²) >= 11 is 7.23. The SMILES string of the molecule is CC.CC.CSC1=CC(=O)N(C[125I])C1=O.O=C1C=CC(=O)N1C[125I].O=C1C=CC(=O)N1C[125I]. The lowest BCUT2D eigenvalue weighted by Gasteiger charge is -2.08. The highest BCUT2D eigenvalue weighted by Gasteiger charge is 2.29. The molecule has 3 aliphatic rings. The molecular weight excluding hydrogens is 785 g/mol. The molecule has 3 heterocycles. The maximum absolute atomic E-state index is 11.2. The lowest BCUT2D eigenvalue weighted by molar-refractivity contribution is -0.137. The van der Waals surface area contributed by atoms with E-state index in [2.05, 4.69) is 0 Å². The number of alkyl halides is 3. The molecule has 0 aromatic carbocycles. The number of hydrogen-bond donors (Lipinski definition) is 0. The highest BCUT2D eigenvalue weighted by molar-refractivity contribution is 14.1. The van der Waals surface area contributed by atoms with Gasteiger partial charge < -0.3 is 0 Å². The van der Waals surface area contributed by atoms with Crippen molar-refractivity contribution < 1.29 is 28.8 Å². The van der Waals surface area contributed by atoms with Crippen LogP contribution in [0.15, 0.2) is 35.3 Å². The van der Waals surface area contributed by atoms with Crippen LogP contribution in [0.4, 0.5) is 0 Å². The minimum Gasteiger partial charge on any atom is -0.269 e. The predicted octanol–water partition coefficient (Wildman–Crippen LogP) is 3.65. The molecule has 9 nitrogen and oxygen atoms in total. The van der Waals surface area contributed by atoms with Crippen LogP contribution in [0.5, 0.6) is 0 Å². The Labute approximate surface area is 239 Å². The number of halogens is 3. The average molecular weight is 811 g/mol. The van der Waals surface area contributed by atoms with Crippen LogP contribution in [-0.4, -0.2) is 70.1 Å². The predicted molar refractivity (Wildman–Crippen MR) is 155 cm³/mol. The first-order valence-corrected chi connectivity index (χ1v) is 15.4. The van der Waals surface area contributed by atoms with Gasteiger partial charge in [-0.2, -0.15) is 0 Å². The molecule has 0 aliphatic carbocycles. The highest BCUT2D eigenvalue weighted by Crippen LogP contribution is 2.22. The van der Waals surface area contributed by atoms with E-state index in [1.54, 1.807) is 6.26 Å². The minimum atomic E-state index is -0.214. The Bertz CT molecular complexity index is 752. The smallest absolute Gasteiger partial charge is 0.268 e. The molecule has 0 N–H and O–H groups in total. The number of nitrogens with zero attached hydrogens (tertiary/aromatic N) is 3. The zero-order chi connectivity index (χ0) is 26.1. The van der Waals surface area contributed by atoms with E-state index >= 15 is 0 Å². The average Bonchev–Trinajstić information content (AvgIpc) is 3.44. The van der Waals surface area contributed by atoms with Crippen molar-refractivity contribution in [1.29, 1.82) is 0 Å². The zero-order valence-electron chi connectivity index (χ0n) is 18.8. The number of amides is 6. The number of rotatable bonds is 4. The van der Waals surface area contributed by atoms with Gasteiger partial charge in [0.2, 0.25) is 0 Å². The van der Waals surface area contributed by atoms with Crippen LogP contribution >= 0.6 is 79.5 Å². The van der Waals surface area contributed by atoms with Crippen molar-refractivity contribution in [3.8, 4) is 0 Å². The molecule has 3 aliphatic heterocycles. The Morgan fingerprint density at radius 1 is 0.606 bits per heavy atom. The first kappa shape index (κ1) is 34.3. The third-order valence-corrected chi connectivity index (χ3v) is 6.14. The number of thioether (sulfide) groups is 1. The number of carbonyl (C=O) groups is 6. The van der Waals surface area contributed by atoms with E-state index < -0.39 is 0 Å². The Balaban J connectivity index is 0. The molecule has 13 heteroatoms. The molecule has 0 radical (unpaired) electrons. The number of hydrogen-bond acceptors (Lipinski definition) is 7. The Morgan fingerprint density at radius 2 is 0.909 bits per heavy atom. The zero-order valence-corrected chi connectivity index (χ0v) is 26.1. The van der Waals surface area contributed by atoms with Gasteiger partial charge in [0.05, 0.1) is 18.6 Å². The van der Waals surface area contributed by atoms with E-state index in [1.165, 1.54) is 56.8 Å². The van der Waals surface area contributed by atoms with Crippen LogP contribution < -0.4 is 0 Å². The molecule has 0 fully saturated rings. The Hall–Kier alpha value is -0.820. The molecule has 0 unspecified atom stereocenters. The summed E-state index contributed by atoms with van der Waals surface area (Å²) in [7, 11) is 0. The largest absolute Gasteiger partial charge is 0.269 e. The minimum absolute atomic E-state index is 0.170. The second kappa shape index (κ2) is 19.5. The van der Waals surface area contributed by atoms with E-state index in [4.69, 9.17) is 0 Å². The van der Waals surface area contributed by atoms with Crippen LogP contribution in [0.25, 0.3) is 0 Å². The van der Waals surface area contributed by atoms with Crippen molar-refractivity contribution in [3.63, 3.8) is 0 Å². The van der Waals surface area contributed by atoms with Gasteiger partial charge in [-0.1, -0.05) is 95.5 Å². The maximum atomic E-state index is 11.2. The molecule has 33 heavy (non-hydrogen) atoms. The van der Waals surface area contributed by atoms with E-state index in [0.29, 0.717) is 18.6 Å². The molecule has 0 aromatic rings. The molecule has 0 atom stereocenters. The third-order valence-electron chi connectivity index (χ3n) is 3.36. The normalized spacial score (nSPS) is 15.9. The molecule has 6 amide bonds. The van der Waals surface area contributed by atoms with Crippen molar-refractivity contribution in [1.82, 2.24) is 14.7 Å². The molecule has 0 saturated carbocycles. The van der Waals surface area contributed by atoms with Crippen molar-refractivity contribution in [2.45, 2.75) is 27.7 Å². The van der Waals surface area contributed by atoms with Crippen LogP contribution in [0.3, 0.4) is 0 Å². The van der Waals surface area contributed by atoms with Gasteiger partial charge in [0.25, 0.3) is 35.4 Å². The van der Waals surface area contributed by atoms with Gasteiger partial charge >= 0.3 is 0 Å². The monoisotopic (exact) mass is 811 g/mol. The second-order valence-electron chi connectivity index (χ2n) is 5.02. The van der Waals surface area contributed by atoms with Crippen LogP contribution in [0, 0.1) is 0 Å². The maximum Gasteiger partial charge on any atom is 0.268 e. The summed E-state index contributed by atoms with van der Waals surface area (Å²) in [6.45, 7) is 8.00. The number of carbonyl (C=O) groups excluding carboxylic acids is 6. The quantitative estimate of drug-likeness (QED) is 0.185. The van der Waals surface area contributed by atoms with Gasteiger partial charge in [-0.3, -0.25) is 43.5 Å². The highest BCUT2D eigenvalue weighted by atomic mass is 125. The van der Waals surface area contributed by atoms with E-state index in [-0.39, 0.29) is 35.4 Å². The Kier molecular flexibility index (Phi) is 20.3. The van der Waals surface area contributed by atoms with Crippen molar-refractivity contribution in [2.75, 3.05) is 19.9 Å². The summed E-state index contributed by atoms with van der Waals surface area (Å²) < 4.78 is 1.29. The van der Waals surface area contributed by atoms with E-state index in [0.717, 1.165) is 0 Å². The van der Waals surface area contributed by atoms with Gasteiger partial charge in [0.1, 0.15) is 0 Å². The summed E-state index contributed by atoms with van der Waals surface area (Å²) in [4.78, 5) is 68.8. The molecule has 184 valence electrons. The summed E-state index contributed by atoms with van der Waals surface area (Å²) in [5.41, 5.74) is 0. The van der Waals surface area contributed by atoms with Crippen LogP contribution in [0.2, 0.25) is 0 Å². The molecule has 3 rings (SSSR count). The van der Waals surface area contributed by atoms with Gasteiger partial charge in [0, 0.05) is 30.4 Å². The van der Waals surface area contributed by atoms with Gasteiger partial charge in [-0.05, 0) is 6.26 Å². The first-order chi connectivity index (χ1) is 15.7. The van der Waals surface area contributed by atoms with E-state index in [1.807, 2.05) is 95.5 Å². The third kappa shape index (κ3) is 11.0. The fourth-order valence-corrected chi connectivity index (χ4v) is 4.34. The molecule has 0 spiro atoms. The molecule has 0 aromatic heterocycles. The van der Waals surface area contributed by atoms with E-state index in [9.17, 15) is 28.8 Å². The molecular formula is C20H26I3N3O6S. The van der Waals surface area contributed by atoms with Crippen LogP contribution in [-0.2, 0) is 28.8 Å². The van der Waals surface area contributed by atoms with Gasteiger partial charge in [0.15, 0.2) is 0 Å². The standard InChI is InChI=1S/C6H6INO2S.2C5H4INO2.2C2H6/c1-11-4-2-5(9)8(3-7)6(4)10;2*6-3-7-4(8)1-2-5(7)9;2*1-2/h2H,3H2,1H3;2*1-2H,3H2;2*1-2H3/i7-2;2*6-2;;. The van der Waals surface area contributed by atoms with Crippen molar-refractivity contribution in [3.05, 3.63) is 35.3 Å². The van der Waals surface area contributed by atoms with Crippen molar-refractivity contribution >= 4 is 115 Å². The fourth-order valence-electron chi connectivity index (χ4n) is 1.84. The summed E-state index contributed by atoms with van der Waals surface area (Å²) in [5.74, 6) is -1.22. The molecule has 0 bridgehead atoms. The Morgan fingerprint density at radius 3 is 1.06 bits per heavy atom. The number of imide groups is 3. The lowest BCUT2D eigenvalue weighted by atomic mass is 10.5. The topological polar surface area (TPSA) is 112 Å². The van der Waals surface area contributed by atoms with Crippen LogP contribution in [0.1, 0.15) is 27.7 Å². The first-order valence-electron chi connectivity index (χ1n) is 9.58. The fraction of sp³-hybridized carbons (Fsp3) is 0.400. The second-order valence-corrected chi connectivity index (χ2v) is 7.91.